The third-order valence-electron chi connectivity index (χ3n) is 1.53. The summed E-state index contributed by atoms with van der Waals surface area (Å²) in [4.78, 5) is 15.2. The van der Waals surface area contributed by atoms with E-state index in [1.165, 1.54) is 0 Å². The second-order valence-electron chi connectivity index (χ2n) is 2.65. The van der Waals surface area contributed by atoms with E-state index in [2.05, 4.69) is 11.6 Å². The summed E-state index contributed by atoms with van der Waals surface area (Å²) in [6, 6.07) is 0. The maximum atomic E-state index is 11.2. The summed E-state index contributed by atoms with van der Waals surface area (Å²) in [6.07, 6.45) is 0.798. The molecule has 0 aromatic carbocycles. The van der Waals surface area contributed by atoms with Gasteiger partial charge < -0.3 is 9.47 Å². The van der Waals surface area contributed by atoms with Crippen molar-refractivity contribution >= 4 is 11.9 Å². The van der Waals surface area contributed by atoms with Gasteiger partial charge in [0.05, 0.1) is 13.2 Å². The van der Waals surface area contributed by atoms with Crippen molar-refractivity contribution in [2.75, 3.05) is 19.8 Å². The Morgan fingerprint density at radius 3 is 3.08 bits per heavy atom. The second kappa shape index (κ2) is 4.64. The Kier molecular flexibility index (Phi) is 3.49. The standard InChI is InChI=1S/C9H13NO3/c1-3-5-13-9(11)7(2)8-10-4-6-12-8/h2-6H2,1H3. The molecule has 0 atom stereocenters. The van der Waals surface area contributed by atoms with Gasteiger partial charge in [-0.3, -0.25) is 0 Å². The lowest BCUT2D eigenvalue weighted by Crippen LogP contribution is -2.15. The predicted molar refractivity (Wildman–Crippen MR) is 48.6 cm³/mol. The molecule has 0 saturated carbocycles. The topological polar surface area (TPSA) is 47.9 Å². The van der Waals surface area contributed by atoms with Gasteiger partial charge in [-0.05, 0) is 6.42 Å². The van der Waals surface area contributed by atoms with Crippen molar-refractivity contribution < 1.29 is 14.3 Å². The molecule has 4 heteroatoms. The molecule has 1 rings (SSSR count). The minimum absolute atomic E-state index is 0.214. The molecule has 4 nitrogen and oxygen atoms in total. The van der Waals surface area contributed by atoms with Crippen LogP contribution in [-0.4, -0.2) is 31.6 Å². The molecule has 0 bridgehead atoms. The van der Waals surface area contributed by atoms with Gasteiger partial charge in [-0.15, -0.1) is 0 Å². The number of aliphatic imine (C=N–C) groups is 1. The molecule has 72 valence electrons. The van der Waals surface area contributed by atoms with Gasteiger partial charge in [-0.1, -0.05) is 13.5 Å². The molecule has 0 N–H and O–H groups in total. The fraction of sp³-hybridized carbons (Fsp3) is 0.556. The SMILES string of the molecule is C=C(C(=O)OCCC)C1=NCCO1. The van der Waals surface area contributed by atoms with Crippen molar-refractivity contribution in [2.45, 2.75) is 13.3 Å². The van der Waals surface area contributed by atoms with Crippen LogP contribution in [0.15, 0.2) is 17.1 Å². The van der Waals surface area contributed by atoms with Crippen LogP contribution in [0.5, 0.6) is 0 Å². The van der Waals surface area contributed by atoms with E-state index < -0.39 is 5.97 Å². The van der Waals surface area contributed by atoms with Crippen LogP contribution in [0.3, 0.4) is 0 Å². The zero-order valence-corrected chi connectivity index (χ0v) is 7.71. The van der Waals surface area contributed by atoms with Crippen LogP contribution in [-0.2, 0) is 14.3 Å². The fourth-order valence-corrected chi connectivity index (χ4v) is 0.887. The Hall–Kier alpha value is -1.32. The fourth-order valence-electron chi connectivity index (χ4n) is 0.887. The second-order valence-corrected chi connectivity index (χ2v) is 2.65. The molecule has 0 aromatic heterocycles. The van der Waals surface area contributed by atoms with Crippen molar-refractivity contribution in [1.82, 2.24) is 0 Å². The molecule has 0 spiro atoms. The summed E-state index contributed by atoms with van der Waals surface area (Å²) in [5, 5.41) is 0. The molecule has 0 aliphatic carbocycles. The lowest BCUT2D eigenvalue weighted by atomic mass is 10.3. The molecule has 0 amide bonds. The highest BCUT2D eigenvalue weighted by atomic mass is 16.5. The van der Waals surface area contributed by atoms with Crippen LogP contribution >= 0.6 is 0 Å². The van der Waals surface area contributed by atoms with E-state index in [0.29, 0.717) is 25.7 Å². The van der Waals surface area contributed by atoms with E-state index in [-0.39, 0.29) is 5.57 Å². The number of carbonyl (C=O) groups excluding carboxylic acids is 1. The summed E-state index contributed by atoms with van der Waals surface area (Å²) in [5.41, 5.74) is 0.214. The first kappa shape index (κ1) is 9.77. The first-order valence-electron chi connectivity index (χ1n) is 4.29. The van der Waals surface area contributed by atoms with Crippen LogP contribution in [0.1, 0.15) is 13.3 Å². The Morgan fingerprint density at radius 1 is 1.77 bits per heavy atom. The molecule has 0 unspecified atom stereocenters. The average molecular weight is 183 g/mol. The van der Waals surface area contributed by atoms with Crippen molar-refractivity contribution in [3.05, 3.63) is 12.2 Å². The van der Waals surface area contributed by atoms with Crippen molar-refractivity contribution in [2.24, 2.45) is 4.99 Å². The van der Waals surface area contributed by atoms with Gasteiger partial charge >= 0.3 is 5.97 Å². The van der Waals surface area contributed by atoms with Gasteiger partial charge in [-0.25, -0.2) is 9.79 Å². The Morgan fingerprint density at radius 2 is 2.54 bits per heavy atom. The number of hydrogen-bond donors (Lipinski definition) is 0. The van der Waals surface area contributed by atoms with Crippen molar-refractivity contribution in [3.8, 4) is 0 Å². The summed E-state index contributed by atoms with van der Waals surface area (Å²) in [5.74, 6) is -0.122. The maximum Gasteiger partial charge on any atom is 0.343 e. The molecular weight excluding hydrogens is 170 g/mol. The number of esters is 1. The highest BCUT2D eigenvalue weighted by Gasteiger charge is 2.18. The van der Waals surface area contributed by atoms with Crippen molar-refractivity contribution in [3.63, 3.8) is 0 Å². The molecule has 0 saturated heterocycles. The number of hydrogen-bond acceptors (Lipinski definition) is 4. The number of carbonyl (C=O) groups is 1. The summed E-state index contributed by atoms with van der Waals surface area (Å²) in [6.45, 7) is 7.01. The molecule has 1 heterocycles. The molecular formula is C9H13NO3. The number of nitrogens with zero attached hydrogens (tertiary/aromatic N) is 1. The molecule has 13 heavy (non-hydrogen) atoms. The number of ether oxygens (including phenoxy) is 2. The van der Waals surface area contributed by atoms with Gasteiger partial charge in [0.1, 0.15) is 12.2 Å². The Balaban J connectivity index is 2.42. The molecule has 0 aromatic rings. The minimum atomic E-state index is -0.442. The van der Waals surface area contributed by atoms with Crippen LogP contribution < -0.4 is 0 Å². The zero-order chi connectivity index (χ0) is 9.68. The summed E-state index contributed by atoms with van der Waals surface area (Å²) < 4.78 is 9.93. The lowest BCUT2D eigenvalue weighted by Gasteiger charge is -2.05. The van der Waals surface area contributed by atoms with E-state index in [1.807, 2.05) is 6.92 Å². The predicted octanol–water partition coefficient (Wildman–Crippen LogP) is 0.924. The maximum absolute atomic E-state index is 11.2. The molecule has 0 radical (unpaired) electrons. The van der Waals surface area contributed by atoms with Gasteiger partial charge in [0.25, 0.3) is 0 Å². The highest BCUT2D eigenvalue weighted by Crippen LogP contribution is 2.05. The van der Waals surface area contributed by atoms with E-state index in [9.17, 15) is 4.79 Å². The molecule has 0 fully saturated rings. The molecule has 1 aliphatic rings. The number of rotatable bonds is 4. The smallest absolute Gasteiger partial charge is 0.343 e. The van der Waals surface area contributed by atoms with E-state index in [0.717, 1.165) is 6.42 Å². The van der Waals surface area contributed by atoms with Gasteiger partial charge in [0, 0.05) is 0 Å². The highest BCUT2D eigenvalue weighted by molar-refractivity contribution is 6.16. The lowest BCUT2D eigenvalue weighted by molar-refractivity contribution is -0.138. The van der Waals surface area contributed by atoms with Crippen LogP contribution in [0, 0.1) is 0 Å². The van der Waals surface area contributed by atoms with Crippen molar-refractivity contribution in [1.29, 1.82) is 0 Å². The average Bonchev–Trinajstić information content (AvgIpc) is 2.65. The van der Waals surface area contributed by atoms with Gasteiger partial charge in [0.2, 0.25) is 5.90 Å². The molecule has 1 aliphatic heterocycles. The zero-order valence-electron chi connectivity index (χ0n) is 7.71. The quantitative estimate of drug-likeness (QED) is 0.481. The first-order valence-corrected chi connectivity index (χ1v) is 4.29. The summed E-state index contributed by atoms with van der Waals surface area (Å²) in [7, 11) is 0. The third kappa shape index (κ3) is 2.57. The Labute approximate surface area is 77.2 Å². The van der Waals surface area contributed by atoms with Crippen LogP contribution in [0.2, 0.25) is 0 Å². The van der Waals surface area contributed by atoms with E-state index in [1.54, 1.807) is 0 Å². The van der Waals surface area contributed by atoms with Crippen LogP contribution in [0.4, 0.5) is 0 Å². The minimum Gasteiger partial charge on any atom is -0.475 e. The summed E-state index contributed by atoms with van der Waals surface area (Å²) >= 11 is 0. The third-order valence-corrected chi connectivity index (χ3v) is 1.53. The Bertz CT molecular complexity index is 245. The normalized spacial score (nSPS) is 14.7. The van der Waals surface area contributed by atoms with Crippen LogP contribution in [0.25, 0.3) is 0 Å². The largest absolute Gasteiger partial charge is 0.475 e. The van der Waals surface area contributed by atoms with Gasteiger partial charge in [-0.2, -0.15) is 0 Å². The monoisotopic (exact) mass is 183 g/mol. The van der Waals surface area contributed by atoms with E-state index in [4.69, 9.17) is 9.47 Å². The first-order chi connectivity index (χ1) is 6.25. The van der Waals surface area contributed by atoms with Gasteiger partial charge in [0.15, 0.2) is 0 Å². The van der Waals surface area contributed by atoms with E-state index >= 15 is 0 Å².